The van der Waals surface area contributed by atoms with Gasteiger partial charge in [0.2, 0.25) is 0 Å². The van der Waals surface area contributed by atoms with E-state index in [-0.39, 0.29) is 5.97 Å². The lowest BCUT2D eigenvalue weighted by atomic mass is 10.1. The Morgan fingerprint density at radius 3 is 2.57 bits per heavy atom. The Labute approximate surface area is 139 Å². The third-order valence-electron chi connectivity index (χ3n) is 3.39. The van der Waals surface area contributed by atoms with Crippen LogP contribution in [0.3, 0.4) is 0 Å². The van der Waals surface area contributed by atoms with Gasteiger partial charge in [0, 0.05) is 10.6 Å². The number of carbonyl (C=O) groups excluding carboxylic acids is 1. The first-order chi connectivity index (χ1) is 11.2. The molecule has 0 aromatic heterocycles. The van der Waals surface area contributed by atoms with Gasteiger partial charge in [-0.25, -0.2) is 4.79 Å². The van der Waals surface area contributed by atoms with Crippen LogP contribution in [0.5, 0.6) is 5.75 Å². The molecule has 0 unspecified atom stereocenters. The highest BCUT2D eigenvalue weighted by molar-refractivity contribution is 6.32. The Bertz CT molecular complexity index is 789. The second-order valence-corrected chi connectivity index (χ2v) is 5.38. The van der Waals surface area contributed by atoms with Gasteiger partial charge >= 0.3 is 5.97 Å². The van der Waals surface area contributed by atoms with E-state index in [1.807, 2.05) is 49.4 Å². The second-order valence-electron chi connectivity index (χ2n) is 4.98. The van der Waals surface area contributed by atoms with Crippen molar-refractivity contribution >= 4 is 29.4 Å². The van der Waals surface area contributed by atoms with E-state index in [2.05, 4.69) is 0 Å². The molecule has 0 aliphatic carbocycles. The molecule has 0 saturated carbocycles. The minimum atomic E-state index is -0.381. The first-order valence-electron chi connectivity index (χ1n) is 7.30. The van der Waals surface area contributed by atoms with Crippen LogP contribution in [0.2, 0.25) is 5.02 Å². The summed E-state index contributed by atoms with van der Waals surface area (Å²) >= 11 is 6.12. The van der Waals surface area contributed by atoms with Crippen molar-refractivity contribution in [2.24, 2.45) is 0 Å². The number of rotatable bonds is 4. The average Bonchev–Trinajstić information content (AvgIpc) is 2.92. The topological polar surface area (TPSA) is 35.5 Å². The first kappa shape index (κ1) is 15.4. The highest BCUT2D eigenvalue weighted by Crippen LogP contribution is 2.29. The average molecular weight is 327 g/mol. The van der Waals surface area contributed by atoms with Crippen LogP contribution in [-0.2, 0) is 9.53 Å². The molecule has 3 nitrogen and oxygen atoms in total. The van der Waals surface area contributed by atoms with Crippen LogP contribution in [0.25, 0.3) is 11.8 Å². The predicted molar refractivity (Wildman–Crippen MR) is 91.1 cm³/mol. The lowest BCUT2D eigenvalue weighted by molar-refractivity contribution is -0.130. The predicted octanol–water partition coefficient (Wildman–Crippen LogP) is 4.72. The van der Waals surface area contributed by atoms with E-state index in [1.165, 1.54) is 0 Å². The molecule has 4 heteroatoms. The molecule has 0 spiro atoms. The monoisotopic (exact) mass is 326 g/mol. The van der Waals surface area contributed by atoms with Crippen LogP contribution < -0.4 is 4.74 Å². The largest absolute Gasteiger partial charge is 0.494 e. The fourth-order valence-corrected chi connectivity index (χ4v) is 2.46. The van der Waals surface area contributed by atoms with Crippen LogP contribution in [0.4, 0.5) is 0 Å². The zero-order valence-corrected chi connectivity index (χ0v) is 13.3. The number of hydrogen-bond donors (Lipinski definition) is 0. The van der Waals surface area contributed by atoms with Crippen molar-refractivity contribution in [1.82, 2.24) is 0 Å². The Balaban J connectivity index is 1.88. The Morgan fingerprint density at radius 2 is 1.87 bits per heavy atom. The van der Waals surface area contributed by atoms with Gasteiger partial charge in [-0.15, -0.1) is 0 Å². The molecule has 0 radical (unpaired) electrons. The van der Waals surface area contributed by atoms with Crippen LogP contribution in [-0.4, -0.2) is 12.6 Å². The van der Waals surface area contributed by atoms with E-state index in [0.29, 0.717) is 23.0 Å². The van der Waals surface area contributed by atoms with E-state index in [1.54, 1.807) is 18.2 Å². The maximum Gasteiger partial charge on any atom is 0.343 e. The van der Waals surface area contributed by atoms with E-state index in [9.17, 15) is 4.79 Å². The zero-order chi connectivity index (χ0) is 16.2. The molecule has 2 aromatic rings. The molecule has 0 saturated heterocycles. The molecule has 1 aliphatic rings. The number of carbonyl (C=O) groups is 1. The van der Waals surface area contributed by atoms with Crippen molar-refractivity contribution in [3.05, 3.63) is 76.3 Å². The second kappa shape index (κ2) is 6.71. The smallest absolute Gasteiger partial charge is 0.343 e. The normalized spacial score (nSPS) is 15.5. The highest BCUT2D eigenvalue weighted by Gasteiger charge is 2.22. The molecule has 23 heavy (non-hydrogen) atoms. The summed E-state index contributed by atoms with van der Waals surface area (Å²) in [6.45, 7) is 2.54. The molecular weight excluding hydrogens is 312 g/mol. The highest BCUT2D eigenvalue weighted by atomic mass is 35.5. The van der Waals surface area contributed by atoms with Crippen LogP contribution in [0.1, 0.15) is 18.1 Å². The van der Waals surface area contributed by atoms with Crippen molar-refractivity contribution < 1.29 is 14.3 Å². The van der Waals surface area contributed by atoms with E-state index in [4.69, 9.17) is 21.1 Å². The maximum absolute atomic E-state index is 12.0. The SMILES string of the molecule is CCOc1ccc(C2=C/C(=C\c3ccccc3Cl)C(=O)O2)cc1. The molecule has 116 valence electrons. The van der Waals surface area contributed by atoms with Gasteiger partial charge in [0.15, 0.2) is 0 Å². The first-order valence-corrected chi connectivity index (χ1v) is 7.68. The van der Waals surface area contributed by atoms with Crippen molar-refractivity contribution in [2.45, 2.75) is 6.92 Å². The molecule has 2 aromatic carbocycles. The lowest BCUT2D eigenvalue weighted by Crippen LogP contribution is -1.97. The van der Waals surface area contributed by atoms with Gasteiger partial charge in [0.25, 0.3) is 0 Å². The molecule has 3 rings (SSSR count). The van der Waals surface area contributed by atoms with Gasteiger partial charge < -0.3 is 9.47 Å². The molecule has 1 heterocycles. The van der Waals surface area contributed by atoms with Crippen molar-refractivity contribution in [3.63, 3.8) is 0 Å². The van der Waals surface area contributed by atoms with Gasteiger partial charge in [-0.1, -0.05) is 29.8 Å². The number of hydrogen-bond acceptors (Lipinski definition) is 3. The van der Waals surface area contributed by atoms with Crippen molar-refractivity contribution in [2.75, 3.05) is 6.61 Å². The minimum Gasteiger partial charge on any atom is -0.494 e. The summed E-state index contributed by atoms with van der Waals surface area (Å²) in [5, 5.41) is 0.593. The van der Waals surface area contributed by atoms with Gasteiger partial charge in [-0.05, 0) is 55.0 Å². The summed E-state index contributed by atoms with van der Waals surface area (Å²) in [5.74, 6) is 0.929. The Kier molecular flexibility index (Phi) is 4.49. The Morgan fingerprint density at radius 1 is 1.13 bits per heavy atom. The maximum atomic E-state index is 12.0. The third-order valence-corrected chi connectivity index (χ3v) is 3.74. The quantitative estimate of drug-likeness (QED) is 0.602. The van der Waals surface area contributed by atoms with Crippen molar-refractivity contribution in [1.29, 1.82) is 0 Å². The van der Waals surface area contributed by atoms with Gasteiger partial charge in [-0.3, -0.25) is 0 Å². The van der Waals surface area contributed by atoms with Gasteiger partial charge in [-0.2, -0.15) is 0 Å². The van der Waals surface area contributed by atoms with Crippen LogP contribution in [0.15, 0.2) is 60.2 Å². The van der Waals surface area contributed by atoms with Gasteiger partial charge in [0.05, 0.1) is 12.2 Å². The standard InChI is InChI=1S/C19H15ClO3/c1-2-22-16-9-7-13(8-10-16)18-12-15(19(21)23-18)11-14-5-3-4-6-17(14)20/h3-12H,2H2,1H3/b15-11+. The number of esters is 1. The summed E-state index contributed by atoms with van der Waals surface area (Å²) in [6.07, 6.45) is 3.45. The van der Waals surface area contributed by atoms with E-state index in [0.717, 1.165) is 16.9 Å². The molecule has 0 amide bonds. The minimum absolute atomic E-state index is 0.381. The summed E-state index contributed by atoms with van der Waals surface area (Å²) < 4.78 is 10.7. The Hall–Kier alpha value is -2.52. The molecule has 0 fully saturated rings. The molecule has 0 bridgehead atoms. The fraction of sp³-hybridized carbons (Fsp3) is 0.105. The van der Waals surface area contributed by atoms with Crippen LogP contribution >= 0.6 is 11.6 Å². The van der Waals surface area contributed by atoms with Gasteiger partial charge in [0.1, 0.15) is 11.5 Å². The number of ether oxygens (including phenoxy) is 2. The van der Waals surface area contributed by atoms with E-state index < -0.39 is 0 Å². The molecule has 0 N–H and O–H groups in total. The summed E-state index contributed by atoms with van der Waals surface area (Å²) in [4.78, 5) is 12.0. The zero-order valence-electron chi connectivity index (χ0n) is 12.6. The number of halogens is 1. The molecule has 1 aliphatic heterocycles. The van der Waals surface area contributed by atoms with E-state index >= 15 is 0 Å². The lowest BCUT2D eigenvalue weighted by Gasteiger charge is -2.05. The third kappa shape index (κ3) is 3.46. The molecule has 0 atom stereocenters. The molecular formula is C19H15ClO3. The number of benzene rings is 2. The summed E-state index contributed by atoms with van der Waals surface area (Å²) in [7, 11) is 0. The number of cyclic esters (lactones) is 1. The fourth-order valence-electron chi connectivity index (χ4n) is 2.27. The summed E-state index contributed by atoms with van der Waals surface area (Å²) in [6, 6.07) is 14.8. The van der Waals surface area contributed by atoms with Crippen LogP contribution in [0, 0.1) is 0 Å². The summed E-state index contributed by atoms with van der Waals surface area (Å²) in [5.41, 5.74) is 2.08. The van der Waals surface area contributed by atoms with Crippen molar-refractivity contribution in [3.8, 4) is 5.75 Å².